The van der Waals surface area contributed by atoms with E-state index >= 15 is 0 Å². The molecule has 0 aromatic carbocycles. The van der Waals surface area contributed by atoms with Gasteiger partial charge in [-0.25, -0.2) is 0 Å². The maximum atomic E-state index is 6.01. The van der Waals surface area contributed by atoms with Gasteiger partial charge in [0, 0.05) is 37.8 Å². The number of hydrogen-bond donors (Lipinski definition) is 1. The van der Waals surface area contributed by atoms with Crippen LogP contribution in [0, 0.1) is 0 Å². The molecule has 1 saturated heterocycles. The van der Waals surface area contributed by atoms with E-state index in [-0.39, 0.29) is 0 Å². The molecular weight excluding hydrogens is 234 g/mol. The summed E-state index contributed by atoms with van der Waals surface area (Å²) in [6, 6.07) is 1.90. The summed E-state index contributed by atoms with van der Waals surface area (Å²) >= 11 is 0. The summed E-state index contributed by atoms with van der Waals surface area (Å²) in [6.07, 6.45) is 8.11. The minimum Gasteiger partial charge on any atom is -0.329 e. The monoisotopic (exact) mass is 269 g/mol. The Kier molecular flexibility index (Phi) is 7.96. The lowest BCUT2D eigenvalue weighted by Crippen LogP contribution is -2.58. The van der Waals surface area contributed by atoms with Crippen LogP contribution < -0.4 is 5.73 Å². The van der Waals surface area contributed by atoms with Crippen LogP contribution in [0.1, 0.15) is 59.3 Å². The maximum Gasteiger partial charge on any atom is 0.0219 e. The molecule has 1 aliphatic heterocycles. The van der Waals surface area contributed by atoms with Crippen molar-refractivity contribution in [3.05, 3.63) is 0 Å². The van der Waals surface area contributed by atoms with Crippen LogP contribution in [0.3, 0.4) is 0 Å². The zero-order chi connectivity index (χ0) is 14.3. The van der Waals surface area contributed by atoms with Crippen LogP contribution in [-0.4, -0.2) is 54.6 Å². The molecule has 114 valence electrons. The maximum absolute atomic E-state index is 6.01. The number of likely N-dealkylation sites (N-methyl/N-ethyl adjacent to an activating group) is 1. The summed E-state index contributed by atoms with van der Waals surface area (Å²) in [4.78, 5) is 5.13. The fourth-order valence-corrected chi connectivity index (χ4v) is 3.18. The van der Waals surface area contributed by atoms with E-state index in [4.69, 9.17) is 5.73 Å². The van der Waals surface area contributed by atoms with Crippen LogP contribution in [0.5, 0.6) is 0 Å². The first-order valence-electron chi connectivity index (χ1n) is 8.26. The second-order valence-corrected chi connectivity index (χ2v) is 6.41. The standard InChI is InChI=1S/C16H35N3/c1-5-6-7-8-9-10-16(11-17)19-12-14(2)18(4)15(3)13-19/h14-16H,5-13,17H2,1-4H3. The van der Waals surface area contributed by atoms with Gasteiger partial charge in [0.2, 0.25) is 0 Å². The van der Waals surface area contributed by atoms with Crippen molar-refractivity contribution in [3.8, 4) is 0 Å². The molecule has 19 heavy (non-hydrogen) atoms. The Balaban J connectivity index is 2.33. The van der Waals surface area contributed by atoms with Crippen molar-refractivity contribution in [1.82, 2.24) is 9.80 Å². The van der Waals surface area contributed by atoms with E-state index in [2.05, 4.69) is 37.6 Å². The molecule has 2 N–H and O–H groups in total. The molecule has 3 heteroatoms. The van der Waals surface area contributed by atoms with Crippen LogP contribution in [0.4, 0.5) is 0 Å². The van der Waals surface area contributed by atoms with E-state index in [0.29, 0.717) is 18.1 Å². The normalized spacial score (nSPS) is 27.6. The number of nitrogens with two attached hydrogens (primary N) is 1. The molecule has 0 spiro atoms. The Morgan fingerprint density at radius 1 is 1.05 bits per heavy atom. The first kappa shape index (κ1) is 16.9. The zero-order valence-corrected chi connectivity index (χ0v) is 13.6. The first-order chi connectivity index (χ1) is 9.10. The Labute approximate surface area is 120 Å². The van der Waals surface area contributed by atoms with Gasteiger partial charge in [0.25, 0.3) is 0 Å². The number of rotatable bonds is 8. The summed E-state index contributed by atoms with van der Waals surface area (Å²) in [7, 11) is 2.24. The smallest absolute Gasteiger partial charge is 0.0219 e. The molecule has 1 fully saturated rings. The second kappa shape index (κ2) is 8.93. The second-order valence-electron chi connectivity index (χ2n) is 6.41. The van der Waals surface area contributed by atoms with E-state index in [1.54, 1.807) is 0 Å². The van der Waals surface area contributed by atoms with Crippen LogP contribution >= 0.6 is 0 Å². The van der Waals surface area contributed by atoms with E-state index in [0.717, 1.165) is 6.54 Å². The van der Waals surface area contributed by atoms with Crippen molar-refractivity contribution in [2.75, 3.05) is 26.7 Å². The van der Waals surface area contributed by atoms with Gasteiger partial charge in [-0.15, -0.1) is 0 Å². The summed E-state index contributed by atoms with van der Waals surface area (Å²) in [5, 5.41) is 0. The molecule has 0 saturated carbocycles. The lowest BCUT2D eigenvalue weighted by Gasteiger charge is -2.45. The molecule has 1 rings (SSSR count). The highest BCUT2D eigenvalue weighted by atomic mass is 15.3. The van der Waals surface area contributed by atoms with E-state index < -0.39 is 0 Å². The highest BCUT2D eigenvalue weighted by Gasteiger charge is 2.29. The quantitative estimate of drug-likeness (QED) is 0.688. The Morgan fingerprint density at radius 2 is 1.63 bits per heavy atom. The molecule has 0 amide bonds. The fraction of sp³-hybridized carbons (Fsp3) is 1.00. The molecule has 1 aliphatic rings. The minimum atomic E-state index is 0.597. The van der Waals surface area contributed by atoms with Crippen molar-refractivity contribution in [2.45, 2.75) is 77.4 Å². The van der Waals surface area contributed by atoms with Gasteiger partial charge >= 0.3 is 0 Å². The highest BCUT2D eigenvalue weighted by molar-refractivity contribution is 4.86. The highest BCUT2D eigenvalue weighted by Crippen LogP contribution is 2.18. The van der Waals surface area contributed by atoms with Crippen molar-refractivity contribution >= 4 is 0 Å². The van der Waals surface area contributed by atoms with Crippen molar-refractivity contribution in [2.24, 2.45) is 5.73 Å². The molecule has 0 bridgehead atoms. The number of unbranched alkanes of at least 4 members (excludes halogenated alkanes) is 4. The largest absolute Gasteiger partial charge is 0.329 e. The molecule has 0 radical (unpaired) electrons. The minimum absolute atomic E-state index is 0.597. The molecular formula is C16H35N3. The lowest BCUT2D eigenvalue weighted by atomic mass is 10.0. The Morgan fingerprint density at radius 3 is 2.16 bits per heavy atom. The molecule has 0 aliphatic carbocycles. The van der Waals surface area contributed by atoms with Gasteiger partial charge in [0.15, 0.2) is 0 Å². The third-order valence-electron chi connectivity index (χ3n) is 4.82. The molecule has 3 nitrogen and oxygen atoms in total. The molecule has 0 aromatic heterocycles. The van der Waals surface area contributed by atoms with Crippen molar-refractivity contribution in [1.29, 1.82) is 0 Å². The average molecular weight is 269 g/mol. The van der Waals surface area contributed by atoms with Crippen LogP contribution in [0.15, 0.2) is 0 Å². The zero-order valence-electron chi connectivity index (χ0n) is 13.6. The summed E-state index contributed by atoms with van der Waals surface area (Å²) in [6.45, 7) is 10.1. The predicted octanol–water partition coefficient (Wildman–Crippen LogP) is 2.70. The number of nitrogens with zero attached hydrogens (tertiary/aromatic N) is 2. The molecule has 3 unspecified atom stereocenters. The molecule has 0 aromatic rings. The van der Waals surface area contributed by atoms with Gasteiger partial charge in [-0.3, -0.25) is 9.80 Å². The van der Waals surface area contributed by atoms with Gasteiger partial charge in [-0.2, -0.15) is 0 Å². The summed E-state index contributed by atoms with van der Waals surface area (Å²) in [5.41, 5.74) is 6.01. The van der Waals surface area contributed by atoms with Crippen molar-refractivity contribution in [3.63, 3.8) is 0 Å². The number of hydrogen-bond acceptors (Lipinski definition) is 3. The lowest BCUT2D eigenvalue weighted by molar-refractivity contribution is 0.0328. The Hall–Kier alpha value is -0.120. The fourth-order valence-electron chi connectivity index (χ4n) is 3.18. The Bertz CT molecular complexity index is 220. The summed E-state index contributed by atoms with van der Waals surface area (Å²) in [5.74, 6) is 0. The van der Waals surface area contributed by atoms with E-state index in [1.807, 2.05) is 0 Å². The van der Waals surface area contributed by atoms with Crippen LogP contribution in [0.2, 0.25) is 0 Å². The predicted molar refractivity (Wildman–Crippen MR) is 84.5 cm³/mol. The van der Waals surface area contributed by atoms with E-state index in [9.17, 15) is 0 Å². The SMILES string of the molecule is CCCCCCCC(CN)N1CC(C)N(C)C(C)C1. The molecule has 1 heterocycles. The third kappa shape index (κ3) is 5.41. The number of piperazine rings is 1. The van der Waals surface area contributed by atoms with Crippen molar-refractivity contribution < 1.29 is 0 Å². The third-order valence-corrected chi connectivity index (χ3v) is 4.82. The van der Waals surface area contributed by atoms with Crippen LogP contribution in [-0.2, 0) is 0 Å². The van der Waals surface area contributed by atoms with Crippen LogP contribution in [0.25, 0.3) is 0 Å². The van der Waals surface area contributed by atoms with E-state index in [1.165, 1.54) is 51.6 Å². The van der Waals surface area contributed by atoms with Gasteiger partial charge < -0.3 is 5.73 Å². The van der Waals surface area contributed by atoms with Gasteiger partial charge in [-0.1, -0.05) is 39.0 Å². The average Bonchev–Trinajstić information content (AvgIpc) is 2.39. The van der Waals surface area contributed by atoms with Gasteiger partial charge in [0.1, 0.15) is 0 Å². The first-order valence-corrected chi connectivity index (χ1v) is 8.26. The van der Waals surface area contributed by atoms with Gasteiger partial charge in [0.05, 0.1) is 0 Å². The topological polar surface area (TPSA) is 32.5 Å². The van der Waals surface area contributed by atoms with Gasteiger partial charge in [-0.05, 0) is 27.3 Å². The molecule has 3 atom stereocenters. The summed E-state index contributed by atoms with van der Waals surface area (Å²) < 4.78 is 0.